The van der Waals surface area contributed by atoms with Gasteiger partial charge in [-0.3, -0.25) is 0 Å². The first-order valence-electron chi connectivity index (χ1n) is 4.79. The molecule has 1 aliphatic rings. The van der Waals surface area contributed by atoms with Crippen molar-refractivity contribution in [2.75, 3.05) is 0 Å². The van der Waals surface area contributed by atoms with Gasteiger partial charge in [-0.2, -0.15) is 0 Å². The summed E-state index contributed by atoms with van der Waals surface area (Å²) in [4.78, 5) is 0. The van der Waals surface area contributed by atoms with Gasteiger partial charge in [-0.25, -0.2) is 0 Å². The zero-order chi connectivity index (χ0) is 8.43. The molecular weight excluding hydrogens is 200 g/mol. The SMILES string of the molecule is CC(C)[C@@H]1CC[C@@H](C)C[C@H]1O.[Cu+2]. The summed E-state index contributed by atoms with van der Waals surface area (Å²) in [7, 11) is 0. The van der Waals surface area contributed by atoms with E-state index in [0.29, 0.717) is 11.8 Å². The van der Waals surface area contributed by atoms with Crippen molar-refractivity contribution in [3.8, 4) is 0 Å². The molecule has 0 aromatic carbocycles. The molecule has 0 saturated heterocycles. The van der Waals surface area contributed by atoms with E-state index in [2.05, 4.69) is 20.8 Å². The van der Waals surface area contributed by atoms with Gasteiger partial charge >= 0.3 is 17.1 Å². The predicted molar refractivity (Wildman–Crippen MR) is 47.3 cm³/mol. The molecule has 2 heteroatoms. The van der Waals surface area contributed by atoms with Crippen LogP contribution >= 0.6 is 0 Å². The van der Waals surface area contributed by atoms with Crippen molar-refractivity contribution in [1.29, 1.82) is 0 Å². The number of aliphatic hydroxyl groups is 1. The van der Waals surface area contributed by atoms with E-state index in [9.17, 15) is 5.11 Å². The predicted octanol–water partition coefficient (Wildman–Crippen LogP) is 2.44. The first-order chi connectivity index (χ1) is 5.11. The van der Waals surface area contributed by atoms with Gasteiger partial charge in [0, 0.05) is 0 Å². The van der Waals surface area contributed by atoms with E-state index in [1.54, 1.807) is 0 Å². The van der Waals surface area contributed by atoms with Crippen LogP contribution in [0.15, 0.2) is 0 Å². The summed E-state index contributed by atoms with van der Waals surface area (Å²) in [6.45, 7) is 6.66. The minimum Gasteiger partial charge on any atom is -0.393 e. The van der Waals surface area contributed by atoms with Gasteiger partial charge in [-0.1, -0.05) is 27.2 Å². The second-order valence-electron chi connectivity index (χ2n) is 4.39. The Bertz CT molecular complexity index is 125. The molecule has 0 aromatic rings. The van der Waals surface area contributed by atoms with Crippen molar-refractivity contribution in [2.24, 2.45) is 17.8 Å². The average molecular weight is 220 g/mol. The maximum absolute atomic E-state index is 9.71. The molecule has 0 aromatic heterocycles. The van der Waals surface area contributed by atoms with Gasteiger partial charge in [0.2, 0.25) is 0 Å². The minimum atomic E-state index is -0.0289. The maximum atomic E-state index is 9.71. The van der Waals surface area contributed by atoms with Gasteiger partial charge in [0.05, 0.1) is 6.10 Å². The summed E-state index contributed by atoms with van der Waals surface area (Å²) < 4.78 is 0. The van der Waals surface area contributed by atoms with Crippen LogP contribution in [0.5, 0.6) is 0 Å². The molecule has 0 spiro atoms. The van der Waals surface area contributed by atoms with Crippen LogP contribution in [0.4, 0.5) is 0 Å². The van der Waals surface area contributed by atoms with Gasteiger partial charge in [-0.05, 0) is 30.6 Å². The molecule has 1 radical (unpaired) electrons. The molecule has 1 N–H and O–H groups in total. The standard InChI is InChI=1S/C10H20O.Cu/c1-7(2)9-5-4-8(3)6-10(9)11;/h7-11H,4-6H2,1-3H3;/q;+2/t8-,9+,10-;/m1./s1. The Balaban J connectivity index is 0.00000121. The van der Waals surface area contributed by atoms with Crippen LogP contribution in [0.3, 0.4) is 0 Å². The van der Waals surface area contributed by atoms with Gasteiger partial charge in [0.25, 0.3) is 0 Å². The van der Waals surface area contributed by atoms with Crippen molar-refractivity contribution in [3.05, 3.63) is 0 Å². The quantitative estimate of drug-likeness (QED) is 0.672. The van der Waals surface area contributed by atoms with Crippen LogP contribution < -0.4 is 0 Å². The zero-order valence-electron chi connectivity index (χ0n) is 8.18. The van der Waals surface area contributed by atoms with Crippen LogP contribution in [0.1, 0.15) is 40.0 Å². The summed E-state index contributed by atoms with van der Waals surface area (Å²) >= 11 is 0. The third kappa shape index (κ3) is 3.08. The molecule has 0 amide bonds. The summed E-state index contributed by atoms with van der Waals surface area (Å²) in [5.41, 5.74) is 0. The van der Waals surface area contributed by atoms with E-state index in [0.717, 1.165) is 12.3 Å². The van der Waals surface area contributed by atoms with Gasteiger partial charge < -0.3 is 5.11 Å². The normalized spacial score (nSPS) is 36.2. The van der Waals surface area contributed by atoms with E-state index in [4.69, 9.17) is 0 Å². The Morgan fingerprint density at radius 1 is 1.25 bits per heavy atom. The molecule has 0 heterocycles. The Morgan fingerprint density at radius 2 is 1.83 bits per heavy atom. The number of rotatable bonds is 1. The molecule has 75 valence electrons. The Labute approximate surface area is 86.4 Å². The molecule has 1 rings (SSSR count). The first-order valence-corrected chi connectivity index (χ1v) is 4.79. The molecule has 0 aliphatic heterocycles. The van der Waals surface area contributed by atoms with E-state index < -0.39 is 0 Å². The topological polar surface area (TPSA) is 20.2 Å². The largest absolute Gasteiger partial charge is 2.00 e. The van der Waals surface area contributed by atoms with Crippen molar-refractivity contribution in [3.63, 3.8) is 0 Å². The Morgan fingerprint density at radius 3 is 2.25 bits per heavy atom. The molecule has 1 fully saturated rings. The van der Waals surface area contributed by atoms with Crippen molar-refractivity contribution in [1.82, 2.24) is 0 Å². The monoisotopic (exact) mass is 219 g/mol. The second-order valence-corrected chi connectivity index (χ2v) is 4.39. The van der Waals surface area contributed by atoms with E-state index in [-0.39, 0.29) is 23.2 Å². The molecule has 1 aliphatic carbocycles. The summed E-state index contributed by atoms with van der Waals surface area (Å²) in [5.74, 6) is 1.95. The van der Waals surface area contributed by atoms with E-state index in [1.165, 1.54) is 12.8 Å². The van der Waals surface area contributed by atoms with Crippen LogP contribution in [0.25, 0.3) is 0 Å². The third-order valence-electron chi connectivity index (χ3n) is 2.99. The van der Waals surface area contributed by atoms with Gasteiger partial charge in [0.1, 0.15) is 0 Å². The number of hydrogen-bond donors (Lipinski definition) is 1. The fourth-order valence-corrected chi connectivity index (χ4v) is 2.15. The number of aliphatic hydroxyl groups excluding tert-OH is 1. The molecule has 1 nitrogen and oxygen atoms in total. The minimum absolute atomic E-state index is 0. The summed E-state index contributed by atoms with van der Waals surface area (Å²) in [5, 5.41) is 9.71. The molecule has 3 atom stereocenters. The van der Waals surface area contributed by atoms with Crippen LogP contribution in [0.2, 0.25) is 0 Å². The van der Waals surface area contributed by atoms with Crippen molar-refractivity contribution < 1.29 is 22.2 Å². The fraction of sp³-hybridized carbons (Fsp3) is 1.00. The smallest absolute Gasteiger partial charge is 0.393 e. The number of hydrogen-bond acceptors (Lipinski definition) is 1. The van der Waals surface area contributed by atoms with E-state index >= 15 is 0 Å². The van der Waals surface area contributed by atoms with Crippen molar-refractivity contribution in [2.45, 2.75) is 46.1 Å². The van der Waals surface area contributed by atoms with Crippen LogP contribution in [-0.2, 0) is 17.1 Å². The van der Waals surface area contributed by atoms with E-state index in [1.807, 2.05) is 0 Å². The molecule has 0 bridgehead atoms. The summed E-state index contributed by atoms with van der Waals surface area (Å²) in [6.07, 6.45) is 3.52. The molecular formula is C10H20CuO+2. The second kappa shape index (κ2) is 5.26. The Kier molecular flexibility index (Phi) is 5.47. The molecule has 1 saturated carbocycles. The molecule has 0 unspecified atom stereocenters. The Hall–Kier alpha value is 0.479. The third-order valence-corrected chi connectivity index (χ3v) is 2.99. The van der Waals surface area contributed by atoms with Crippen molar-refractivity contribution >= 4 is 0 Å². The zero-order valence-corrected chi connectivity index (χ0v) is 9.12. The fourth-order valence-electron chi connectivity index (χ4n) is 2.15. The maximum Gasteiger partial charge on any atom is 2.00 e. The van der Waals surface area contributed by atoms with Gasteiger partial charge in [0.15, 0.2) is 0 Å². The van der Waals surface area contributed by atoms with Crippen LogP contribution in [0, 0.1) is 17.8 Å². The van der Waals surface area contributed by atoms with Crippen LogP contribution in [-0.4, -0.2) is 11.2 Å². The van der Waals surface area contributed by atoms with Gasteiger partial charge in [-0.15, -0.1) is 0 Å². The average Bonchev–Trinajstić information content (AvgIpc) is 1.85. The summed E-state index contributed by atoms with van der Waals surface area (Å²) in [6, 6.07) is 0. The molecule has 12 heavy (non-hydrogen) atoms. The first kappa shape index (κ1) is 12.5.